The molecule has 2 heterocycles. The Bertz CT molecular complexity index is 649. The van der Waals surface area contributed by atoms with Crippen LogP contribution in [0.25, 0.3) is 0 Å². The van der Waals surface area contributed by atoms with E-state index in [0.29, 0.717) is 6.61 Å². The predicted octanol–water partition coefficient (Wildman–Crippen LogP) is 5.20. The van der Waals surface area contributed by atoms with E-state index in [4.69, 9.17) is 14.2 Å². The molecule has 1 aliphatic heterocycles. The Morgan fingerprint density at radius 2 is 2.00 bits per heavy atom. The van der Waals surface area contributed by atoms with Crippen molar-refractivity contribution in [3.8, 4) is 0 Å². The van der Waals surface area contributed by atoms with Crippen LogP contribution in [0.5, 0.6) is 0 Å². The number of rotatable bonds is 7. The first kappa shape index (κ1) is 23.2. The summed E-state index contributed by atoms with van der Waals surface area (Å²) < 4.78 is 19.3. The van der Waals surface area contributed by atoms with Crippen molar-refractivity contribution in [1.82, 2.24) is 4.57 Å². The van der Waals surface area contributed by atoms with Crippen LogP contribution in [0.2, 0.25) is 19.6 Å². The lowest BCUT2D eigenvalue weighted by atomic mass is 10.1. The van der Waals surface area contributed by atoms with Crippen molar-refractivity contribution < 1.29 is 19.0 Å². The molecule has 0 N–H and O–H groups in total. The van der Waals surface area contributed by atoms with E-state index in [9.17, 15) is 4.79 Å². The van der Waals surface area contributed by atoms with Crippen molar-refractivity contribution in [2.75, 3.05) is 6.61 Å². The van der Waals surface area contributed by atoms with Crippen molar-refractivity contribution in [1.29, 1.82) is 0 Å². The molecular weight excluding hydrogens is 370 g/mol. The minimum atomic E-state index is -1.78. The molecule has 0 spiro atoms. The summed E-state index contributed by atoms with van der Waals surface area (Å²) in [5, 5.41) is 1.17. The minimum absolute atomic E-state index is 0.176. The first-order valence-corrected chi connectivity index (χ1v) is 14.2. The maximum atomic E-state index is 13.2. The summed E-state index contributed by atoms with van der Waals surface area (Å²) in [6.45, 7) is 15.9. The lowest BCUT2D eigenvalue weighted by Gasteiger charge is -2.26. The van der Waals surface area contributed by atoms with Crippen LogP contribution in [0.1, 0.15) is 71.1 Å². The van der Waals surface area contributed by atoms with Gasteiger partial charge in [0.25, 0.3) is 0 Å². The highest BCUT2D eigenvalue weighted by atomic mass is 28.3. The number of carbonyl (C=O) groups excluding carboxylic acids is 1. The zero-order valence-corrected chi connectivity index (χ0v) is 19.9. The van der Waals surface area contributed by atoms with Gasteiger partial charge in [-0.05, 0) is 64.5 Å². The fourth-order valence-electron chi connectivity index (χ4n) is 3.64. The Balaban J connectivity index is 2.39. The molecule has 1 aromatic rings. The molecule has 28 heavy (non-hydrogen) atoms. The van der Waals surface area contributed by atoms with E-state index in [0.717, 1.165) is 50.8 Å². The summed E-state index contributed by atoms with van der Waals surface area (Å²) >= 11 is 0. The molecule has 160 valence electrons. The van der Waals surface area contributed by atoms with Gasteiger partial charge in [0.1, 0.15) is 5.60 Å². The molecule has 6 heteroatoms. The van der Waals surface area contributed by atoms with E-state index >= 15 is 0 Å². The topological polar surface area (TPSA) is 49.7 Å². The van der Waals surface area contributed by atoms with Gasteiger partial charge in [-0.3, -0.25) is 4.57 Å². The van der Waals surface area contributed by atoms with Gasteiger partial charge < -0.3 is 14.2 Å². The molecule has 0 aromatic carbocycles. The fraction of sp³-hybridized carbons (Fsp3) is 0.773. The van der Waals surface area contributed by atoms with Crippen LogP contribution in [0, 0.1) is 0 Å². The van der Waals surface area contributed by atoms with E-state index in [1.165, 1.54) is 10.9 Å². The van der Waals surface area contributed by atoms with Crippen LogP contribution in [-0.4, -0.2) is 37.2 Å². The van der Waals surface area contributed by atoms with Crippen molar-refractivity contribution in [2.45, 2.75) is 104 Å². The zero-order chi connectivity index (χ0) is 20.9. The molecule has 0 saturated carbocycles. The van der Waals surface area contributed by atoms with Gasteiger partial charge >= 0.3 is 6.09 Å². The minimum Gasteiger partial charge on any atom is -0.443 e. The third kappa shape index (κ3) is 6.46. The van der Waals surface area contributed by atoms with Gasteiger partial charge in [0, 0.05) is 11.9 Å². The highest BCUT2D eigenvalue weighted by molar-refractivity contribution is 6.88. The van der Waals surface area contributed by atoms with E-state index in [1.54, 1.807) is 0 Å². The van der Waals surface area contributed by atoms with E-state index in [2.05, 4.69) is 32.6 Å². The molecule has 0 amide bonds. The van der Waals surface area contributed by atoms with Gasteiger partial charge in [0.2, 0.25) is 0 Å². The Morgan fingerprint density at radius 1 is 1.29 bits per heavy atom. The van der Waals surface area contributed by atoms with E-state index in [1.807, 2.05) is 25.3 Å². The summed E-state index contributed by atoms with van der Waals surface area (Å²) in [6.07, 6.45) is 5.89. The van der Waals surface area contributed by atoms with Crippen molar-refractivity contribution >= 4 is 19.5 Å². The number of unbranched alkanes of at least 4 members (excludes halogenated alkanes) is 1. The average molecular weight is 410 g/mol. The number of hydrogen-bond donors (Lipinski definition) is 0. The third-order valence-electron chi connectivity index (χ3n) is 4.80. The maximum absolute atomic E-state index is 13.2. The van der Waals surface area contributed by atoms with Crippen LogP contribution in [0.4, 0.5) is 4.79 Å². The van der Waals surface area contributed by atoms with Crippen LogP contribution in [0.15, 0.2) is 6.07 Å². The largest absolute Gasteiger partial charge is 0.443 e. The summed E-state index contributed by atoms with van der Waals surface area (Å²) in [5.41, 5.74) is 1.62. The Kier molecular flexibility index (Phi) is 7.94. The first-order valence-electron chi connectivity index (χ1n) is 10.7. The number of carbonyl (C=O) groups is 1. The Labute approximate surface area is 171 Å². The quantitative estimate of drug-likeness (QED) is 0.581. The van der Waals surface area contributed by atoms with Crippen LogP contribution in [0.3, 0.4) is 0 Å². The lowest BCUT2D eigenvalue weighted by molar-refractivity contribution is -0.169. The molecule has 1 fully saturated rings. The van der Waals surface area contributed by atoms with Crippen molar-refractivity contribution in [3.05, 3.63) is 17.3 Å². The third-order valence-corrected chi connectivity index (χ3v) is 6.76. The summed E-state index contributed by atoms with van der Waals surface area (Å²) in [6, 6.07) is 2.16. The van der Waals surface area contributed by atoms with Gasteiger partial charge in [-0.2, -0.15) is 0 Å². The zero-order valence-electron chi connectivity index (χ0n) is 18.9. The number of hydrogen-bond acceptors (Lipinski definition) is 4. The van der Waals surface area contributed by atoms with Gasteiger partial charge in [0.15, 0.2) is 6.29 Å². The number of nitrogens with zero attached hydrogens (tertiary/aromatic N) is 1. The fourth-order valence-corrected chi connectivity index (χ4v) is 5.71. The monoisotopic (exact) mass is 409 g/mol. The van der Waals surface area contributed by atoms with Crippen LogP contribution < -0.4 is 5.32 Å². The number of aromatic nitrogens is 1. The molecule has 5 nitrogen and oxygen atoms in total. The second-order valence-corrected chi connectivity index (χ2v) is 14.8. The molecule has 1 aromatic heterocycles. The second kappa shape index (κ2) is 9.59. The predicted molar refractivity (Wildman–Crippen MR) is 116 cm³/mol. The van der Waals surface area contributed by atoms with E-state index in [-0.39, 0.29) is 12.4 Å². The maximum Gasteiger partial charge on any atom is 0.418 e. The molecular formula is C22H39NO4Si. The molecule has 1 saturated heterocycles. The van der Waals surface area contributed by atoms with Crippen molar-refractivity contribution in [3.63, 3.8) is 0 Å². The summed E-state index contributed by atoms with van der Waals surface area (Å²) in [4.78, 5) is 13.2. The molecule has 0 bridgehead atoms. The van der Waals surface area contributed by atoms with Crippen molar-refractivity contribution in [2.24, 2.45) is 0 Å². The van der Waals surface area contributed by atoms with Gasteiger partial charge in [-0.1, -0.05) is 33.0 Å². The Hall–Kier alpha value is -1.11. The van der Waals surface area contributed by atoms with E-state index < -0.39 is 13.7 Å². The second-order valence-electron chi connectivity index (χ2n) is 9.79. The summed E-state index contributed by atoms with van der Waals surface area (Å²) in [7, 11) is -1.78. The summed E-state index contributed by atoms with van der Waals surface area (Å²) in [5.74, 6) is 0. The average Bonchev–Trinajstić information content (AvgIpc) is 2.96. The lowest BCUT2D eigenvalue weighted by Crippen LogP contribution is -2.48. The van der Waals surface area contributed by atoms with Crippen LogP contribution in [-0.2, 0) is 27.2 Å². The highest BCUT2D eigenvalue weighted by Crippen LogP contribution is 2.21. The standard InChI is InChI=1S/C22H39NO4Si/c1-8-9-12-17-15-18(16-26-19-13-10-11-14-25-19)23(20(17)28(5,6)7)21(24)27-22(2,3)4/h15,19H,8-14,16H2,1-7H3. The van der Waals surface area contributed by atoms with Gasteiger partial charge in [-0.15, -0.1) is 0 Å². The number of ether oxygens (including phenoxy) is 3. The molecule has 1 unspecified atom stereocenters. The molecule has 2 rings (SSSR count). The smallest absolute Gasteiger partial charge is 0.418 e. The normalized spacial score (nSPS) is 18.3. The SMILES string of the molecule is CCCCc1cc(COC2CCCCO2)n(C(=O)OC(C)(C)C)c1[Si](C)(C)C. The molecule has 1 atom stereocenters. The molecule has 1 aliphatic rings. The molecule has 0 aliphatic carbocycles. The van der Waals surface area contributed by atoms with Crippen LogP contribution >= 0.6 is 0 Å². The highest BCUT2D eigenvalue weighted by Gasteiger charge is 2.32. The Morgan fingerprint density at radius 3 is 2.54 bits per heavy atom. The first-order chi connectivity index (χ1) is 13.0. The molecule has 0 radical (unpaired) electrons. The number of aryl methyl sites for hydroxylation is 1. The van der Waals surface area contributed by atoms with Gasteiger partial charge in [0.05, 0.1) is 20.4 Å². The van der Waals surface area contributed by atoms with Gasteiger partial charge in [-0.25, -0.2) is 4.79 Å².